The first-order chi connectivity index (χ1) is 16.6. The number of benzene rings is 2. The van der Waals surface area contributed by atoms with E-state index >= 15 is 0 Å². The SMILES string of the molecule is CC(C)NC(=O)c1ccc2c(c1)Cc1cccc(c1)CN(Cc1ccccn1)CCOCCO2. The van der Waals surface area contributed by atoms with Gasteiger partial charge < -0.3 is 14.8 Å². The van der Waals surface area contributed by atoms with Crippen molar-refractivity contribution in [3.05, 3.63) is 94.8 Å². The van der Waals surface area contributed by atoms with Gasteiger partial charge in [0.05, 0.1) is 18.9 Å². The molecule has 1 amide bonds. The maximum absolute atomic E-state index is 12.6. The van der Waals surface area contributed by atoms with E-state index in [4.69, 9.17) is 9.47 Å². The van der Waals surface area contributed by atoms with E-state index in [2.05, 4.69) is 45.5 Å². The molecule has 1 aliphatic rings. The molecule has 2 aromatic carbocycles. The standard InChI is InChI=1S/C28H33N3O3/c1-21(2)30-28(32)24-9-10-27-25(18-24)17-22-6-5-7-23(16-22)19-31(12-13-33-14-15-34-27)20-26-8-3-4-11-29-26/h3-11,16,18,21H,12-15,17,19-20H2,1-2H3,(H,30,32). The zero-order chi connectivity index (χ0) is 23.8. The van der Waals surface area contributed by atoms with Crippen molar-refractivity contribution in [2.75, 3.05) is 26.4 Å². The van der Waals surface area contributed by atoms with Crippen LogP contribution in [0.1, 0.15) is 46.6 Å². The van der Waals surface area contributed by atoms with Crippen molar-refractivity contribution in [3.63, 3.8) is 0 Å². The zero-order valence-corrected chi connectivity index (χ0v) is 20.0. The summed E-state index contributed by atoms with van der Waals surface area (Å²) in [7, 11) is 0. The second-order valence-corrected chi connectivity index (χ2v) is 8.94. The lowest BCUT2D eigenvalue weighted by Crippen LogP contribution is -2.30. The van der Waals surface area contributed by atoms with Gasteiger partial charge >= 0.3 is 0 Å². The maximum Gasteiger partial charge on any atom is 0.251 e. The van der Waals surface area contributed by atoms with Gasteiger partial charge in [0.1, 0.15) is 12.4 Å². The average molecular weight is 460 g/mol. The van der Waals surface area contributed by atoms with Gasteiger partial charge in [-0.3, -0.25) is 14.7 Å². The quantitative estimate of drug-likeness (QED) is 0.633. The van der Waals surface area contributed by atoms with Crippen LogP contribution in [-0.4, -0.2) is 48.2 Å². The van der Waals surface area contributed by atoms with Crippen LogP contribution >= 0.6 is 0 Å². The van der Waals surface area contributed by atoms with Crippen LogP contribution in [0, 0.1) is 0 Å². The minimum absolute atomic E-state index is 0.0700. The van der Waals surface area contributed by atoms with Crippen LogP contribution in [0.2, 0.25) is 0 Å². The number of carbonyl (C=O) groups excluding carboxylic acids is 1. The van der Waals surface area contributed by atoms with Gasteiger partial charge in [-0.1, -0.05) is 30.3 Å². The molecule has 3 aromatic rings. The molecular formula is C28H33N3O3. The summed E-state index contributed by atoms with van der Waals surface area (Å²) in [6, 6.07) is 20.4. The first-order valence-electron chi connectivity index (χ1n) is 11.9. The van der Waals surface area contributed by atoms with Crippen molar-refractivity contribution in [2.24, 2.45) is 0 Å². The first kappa shape index (κ1) is 23.9. The smallest absolute Gasteiger partial charge is 0.251 e. The number of amides is 1. The van der Waals surface area contributed by atoms with Gasteiger partial charge in [-0.05, 0) is 60.9 Å². The number of nitrogens with one attached hydrogen (secondary N) is 1. The topological polar surface area (TPSA) is 63.7 Å². The van der Waals surface area contributed by atoms with E-state index in [1.54, 1.807) is 0 Å². The Hall–Kier alpha value is -3.22. The molecule has 0 atom stereocenters. The number of hydrogen-bond acceptors (Lipinski definition) is 5. The average Bonchev–Trinajstić information content (AvgIpc) is 2.82. The minimum atomic E-state index is -0.0700. The zero-order valence-electron chi connectivity index (χ0n) is 20.0. The minimum Gasteiger partial charge on any atom is -0.491 e. The van der Waals surface area contributed by atoms with Gasteiger partial charge in [0.2, 0.25) is 0 Å². The highest BCUT2D eigenvalue weighted by Crippen LogP contribution is 2.25. The van der Waals surface area contributed by atoms with Crippen LogP contribution in [0.3, 0.4) is 0 Å². The van der Waals surface area contributed by atoms with Crippen molar-refractivity contribution in [3.8, 4) is 5.75 Å². The van der Waals surface area contributed by atoms with E-state index in [9.17, 15) is 4.79 Å². The predicted octanol–water partition coefficient (Wildman–Crippen LogP) is 4.22. The Balaban J connectivity index is 1.58. The second kappa shape index (κ2) is 11.8. The van der Waals surface area contributed by atoms with E-state index in [1.165, 1.54) is 11.1 Å². The molecule has 178 valence electrons. The molecule has 6 heteroatoms. The summed E-state index contributed by atoms with van der Waals surface area (Å²) in [5, 5.41) is 2.97. The van der Waals surface area contributed by atoms with Gasteiger partial charge in [-0.15, -0.1) is 0 Å². The van der Waals surface area contributed by atoms with Crippen LogP contribution in [0.25, 0.3) is 0 Å². The number of pyridine rings is 1. The van der Waals surface area contributed by atoms with Crippen LogP contribution in [0.15, 0.2) is 66.9 Å². The maximum atomic E-state index is 12.6. The third-order valence-electron chi connectivity index (χ3n) is 5.68. The highest BCUT2D eigenvalue weighted by molar-refractivity contribution is 5.94. The van der Waals surface area contributed by atoms with Gasteiger partial charge in [0.15, 0.2) is 0 Å². The van der Waals surface area contributed by atoms with E-state index < -0.39 is 0 Å². The number of aromatic nitrogens is 1. The van der Waals surface area contributed by atoms with Crippen molar-refractivity contribution in [2.45, 2.75) is 39.4 Å². The molecule has 2 bridgehead atoms. The Labute approximate surface area is 201 Å². The molecule has 1 aliphatic heterocycles. The molecular weight excluding hydrogens is 426 g/mol. The molecule has 0 saturated heterocycles. The Morgan fingerprint density at radius 1 is 1.03 bits per heavy atom. The summed E-state index contributed by atoms with van der Waals surface area (Å²) in [6.45, 7) is 7.91. The lowest BCUT2D eigenvalue weighted by atomic mass is 9.99. The fourth-order valence-corrected chi connectivity index (χ4v) is 4.10. The van der Waals surface area contributed by atoms with Crippen LogP contribution < -0.4 is 10.1 Å². The van der Waals surface area contributed by atoms with E-state index in [0.717, 1.165) is 36.6 Å². The fraction of sp³-hybridized carbons (Fsp3) is 0.357. The summed E-state index contributed by atoms with van der Waals surface area (Å²) < 4.78 is 11.9. The monoisotopic (exact) mass is 459 g/mol. The van der Waals surface area contributed by atoms with Crippen molar-refractivity contribution >= 4 is 5.91 Å². The predicted molar refractivity (Wildman–Crippen MR) is 133 cm³/mol. The largest absolute Gasteiger partial charge is 0.491 e. The molecule has 1 aromatic heterocycles. The highest BCUT2D eigenvalue weighted by atomic mass is 16.5. The highest BCUT2D eigenvalue weighted by Gasteiger charge is 2.14. The fourth-order valence-electron chi connectivity index (χ4n) is 4.10. The number of carbonyl (C=O) groups is 1. The molecule has 0 unspecified atom stereocenters. The molecule has 0 aliphatic carbocycles. The Bertz CT molecular complexity index is 1090. The van der Waals surface area contributed by atoms with Crippen molar-refractivity contribution in [1.82, 2.24) is 15.2 Å². The normalized spacial score (nSPS) is 15.1. The lowest BCUT2D eigenvalue weighted by molar-refractivity contribution is 0.0754. The molecule has 1 N–H and O–H groups in total. The Kier molecular flexibility index (Phi) is 8.28. The van der Waals surface area contributed by atoms with E-state index in [-0.39, 0.29) is 11.9 Å². The van der Waals surface area contributed by atoms with Crippen molar-refractivity contribution in [1.29, 1.82) is 0 Å². The number of ether oxygens (including phenoxy) is 2. The number of rotatable bonds is 4. The molecule has 6 nitrogen and oxygen atoms in total. The molecule has 0 radical (unpaired) electrons. The second-order valence-electron chi connectivity index (χ2n) is 8.94. The number of fused-ring (bicyclic) bond motifs is 3. The van der Waals surface area contributed by atoms with Gasteiger partial charge in [0, 0.05) is 43.9 Å². The molecule has 2 heterocycles. The molecule has 0 spiro atoms. The van der Waals surface area contributed by atoms with Crippen LogP contribution in [-0.2, 0) is 24.2 Å². The van der Waals surface area contributed by atoms with Crippen molar-refractivity contribution < 1.29 is 14.3 Å². The molecule has 0 saturated carbocycles. The molecule has 34 heavy (non-hydrogen) atoms. The first-order valence-corrected chi connectivity index (χ1v) is 11.9. The third-order valence-corrected chi connectivity index (χ3v) is 5.68. The summed E-state index contributed by atoms with van der Waals surface area (Å²) in [6.07, 6.45) is 2.52. The van der Waals surface area contributed by atoms with Gasteiger partial charge in [0.25, 0.3) is 5.91 Å². The number of nitrogens with zero attached hydrogens (tertiary/aromatic N) is 2. The summed E-state index contributed by atoms with van der Waals surface area (Å²) >= 11 is 0. The Morgan fingerprint density at radius 2 is 1.91 bits per heavy atom. The lowest BCUT2D eigenvalue weighted by Gasteiger charge is -2.23. The van der Waals surface area contributed by atoms with E-state index in [1.807, 2.05) is 50.4 Å². The summed E-state index contributed by atoms with van der Waals surface area (Å²) in [5.41, 5.74) is 5.11. The van der Waals surface area contributed by atoms with E-state index in [0.29, 0.717) is 31.8 Å². The van der Waals surface area contributed by atoms with Crippen LogP contribution in [0.5, 0.6) is 5.75 Å². The summed E-state index contributed by atoms with van der Waals surface area (Å²) in [5.74, 6) is 0.725. The van der Waals surface area contributed by atoms with Crippen LogP contribution in [0.4, 0.5) is 0 Å². The molecule has 0 fully saturated rings. The van der Waals surface area contributed by atoms with Gasteiger partial charge in [-0.25, -0.2) is 0 Å². The molecule has 4 rings (SSSR count). The Morgan fingerprint density at radius 3 is 2.74 bits per heavy atom. The summed E-state index contributed by atoms with van der Waals surface area (Å²) in [4.78, 5) is 19.4. The number of hydrogen-bond donors (Lipinski definition) is 1. The van der Waals surface area contributed by atoms with Gasteiger partial charge in [-0.2, -0.15) is 0 Å². The third kappa shape index (κ3) is 6.89.